The summed E-state index contributed by atoms with van der Waals surface area (Å²) in [5.74, 6) is 0.543. The SMILES string of the molecule is Cc1nc2scc(C)n2c1C=NNc1cc(Cl)ncn1. The highest BCUT2D eigenvalue weighted by Gasteiger charge is 2.09. The van der Waals surface area contributed by atoms with E-state index in [0.29, 0.717) is 11.0 Å². The molecule has 3 aromatic heterocycles. The van der Waals surface area contributed by atoms with E-state index in [4.69, 9.17) is 11.6 Å². The van der Waals surface area contributed by atoms with Gasteiger partial charge < -0.3 is 0 Å². The lowest BCUT2D eigenvalue weighted by molar-refractivity contribution is 1.10. The van der Waals surface area contributed by atoms with Crippen LogP contribution >= 0.6 is 22.9 Å². The van der Waals surface area contributed by atoms with Gasteiger partial charge in [-0.3, -0.25) is 9.83 Å². The maximum atomic E-state index is 5.78. The normalized spacial score (nSPS) is 11.6. The Balaban J connectivity index is 1.87. The van der Waals surface area contributed by atoms with Crippen molar-refractivity contribution in [1.82, 2.24) is 19.4 Å². The summed E-state index contributed by atoms with van der Waals surface area (Å²) in [7, 11) is 0. The molecule has 0 fully saturated rings. The molecule has 0 aromatic carbocycles. The first kappa shape index (κ1) is 13.0. The van der Waals surface area contributed by atoms with Crippen LogP contribution in [0.3, 0.4) is 0 Å². The fourth-order valence-corrected chi connectivity index (χ4v) is 2.90. The molecule has 0 amide bonds. The number of hydrazone groups is 1. The Bertz CT molecular complexity index is 790. The van der Waals surface area contributed by atoms with E-state index >= 15 is 0 Å². The molecular weight excluding hydrogens is 296 g/mol. The standard InChI is InChI=1S/C12H11ClN6S/c1-7-5-20-12-17-8(2)9(19(7)12)4-16-18-11-3-10(13)14-6-15-11/h3-6H,1-2H3,(H,14,15,18). The molecule has 0 aliphatic rings. The average molecular weight is 307 g/mol. The minimum Gasteiger partial charge on any atom is -0.286 e. The molecular formula is C12H11ClN6S. The van der Waals surface area contributed by atoms with Crippen molar-refractivity contribution in [3.8, 4) is 0 Å². The quantitative estimate of drug-likeness (QED) is 0.459. The lowest BCUT2D eigenvalue weighted by atomic mass is 10.3. The van der Waals surface area contributed by atoms with Gasteiger partial charge in [-0.25, -0.2) is 15.0 Å². The van der Waals surface area contributed by atoms with Crippen molar-refractivity contribution >= 4 is 39.9 Å². The summed E-state index contributed by atoms with van der Waals surface area (Å²) < 4.78 is 2.07. The van der Waals surface area contributed by atoms with Crippen LogP contribution in [0.2, 0.25) is 5.15 Å². The molecule has 0 aliphatic carbocycles. The number of aromatic nitrogens is 4. The van der Waals surface area contributed by atoms with Crippen LogP contribution in [-0.2, 0) is 0 Å². The zero-order valence-electron chi connectivity index (χ0n) is 10.8. The first-order valence-corrected chi connectivity index (χ1v) is 7.10. The predicted octanol–water partition coefficient (Wildman–Crippen LogP) is 2.90. The molecule has 1 N–H and O–H groups in total. The van der Waals surface area contributed by atoms with Gasteiger partial charge in [-0.15, -0.1) is 11.3 Å². The van der Waals surface area contributed by atoms with Gasteiger partial charge in [-0.05, 0) is 13.8 Å². The number of imidazole rings is 1. The molecule has 0 saturated heterocycles. The Morgan fingerprint density at radius 1 is 1.40 bits per heavy atom. The number of nitrogens with one attached hydrogen (secondary N) is 1. The van der Waals surface area contributed by atoms with Gasteiger partial charge in [0.1, 0.15) is 11.5 Å². The molecule has 8 heteroatoms. The van der Waals surface area contributed by atoms with Gasteiger partial charge >= 0.3 is 0 Å². The van der Waals surface area contributed by atoms with Crippen molar-refractivity contribution in [3.63, 3.8) is 0 Å². The van der Waals surface area contributed by atoms with Gasteiger partial charge in [-0.2, -0.15) is 5.10 Å². The van der Waals surface area contributed by atoms with Gasteiger partial charge in [0.25, 0.3) is 0 Å². The third-order valence-electron chi connectivity index (χ3n) is 2.75. The van der Waals surface area contributed by atoms with E-state index in [0.717, 1.165) is 22.0 Å². The zero-order valence-corrected chi connectivity index (χ0v) is 12.4. The minimum absolute atomic E-state index is 0.370. The minimum atomic E-state index is 0.370. The van der Waals surface area contributed by atoms with Gasteiger partial charge in [0.2, 0.25) is 0 Å². The molecule has 0 saturated carbocycles. The summed E-state index contributed by atoms with van der Waals surface area (Å²) in [5, 5.41) is 6.61. The number of rotatable bonds is 3. The van der Waals surface area contributed by atoms with Crippen molar-refractivity contribution in [2.75, 3.05) is 5.43 Å². The summed E-state index contributed by atoms with van der Waals surface area (Å²) in [5.41, 5.74) is 5.85. The number of hydrogen-bond acceptors (Lipinski definition) is 6. The molecule has 3 aromatic rings. The van der Waals surface area contributed by atoms with E-state index in [1.807, 2.05) is 13.8 Å². The first-order valence-electron chi connectivity index (χ1n) is 5.85. The number of aryl methyl sites for hydroxylation is 2. The summed E-state index contributed by atoms with van der Waals surface area (Å²) in [6, 6.07) is 1.60. The Kier molecular flexibility index (Phi) is 3.37. The molecule has 0 radical (unpaired) electrons. The van der Waals surface area contributed by atoms with Crippen LogP contribution in [0, 0.1) is 13.8 Å². The van der Waals surface area contributed by atoms with Crippen molar-refractivity contribution < 1.29 is 0 Å². The van der Waals surface area contributed by atoms with Gasteiger partial charge in [0.05, 0.1) is 17.6 Å². The van der Waals surface area contributed by atoms with Crippen LogP contribution in [0.4, 0.5) is 5.82 Å². The van der Waals surface area contributed by atoms with Crippen LogP contribution in [0.15, 0.2) is 22.9 Å². The maximum absolute atomic E-state index is 5.78. The number of halogens is 1. The second kappa shape index (κ2) is 5.18. The molecule has 0 atom stereocenters. The van der Waals surface area contributed by atoms with Crippen molar-refractivity contribution in [1.29, 1.82) is 0 Å². The van der Waals surface area contributed by atoms with E-state index in [-0.39, 0.29) is 0 Å². The maximum Gasteiger partial charge on any atom is 0.194 e. The smallest absolute Gasteiger partial charge is 0.194 e. The molecule has 20 heavy (non-hydrogen) atoms. The highest BCUT2D eigenvalue weighted by Crippen LogP contribution is 2.19. The van der Waals surface area contributed by atoms with E-state index in [1.165, 1.54) is 6.33 Å². The summed E-state index contributed by atoms with van der Waals surface area (Å²) >= 11 is 7.39. The van der Waals surface area contributed by atoms with E-state index < -0.39 is 0 Å². The Morgan fingerprint density at radius 3 is 3.05 bits per heavy atom. The van der Waals surface area contributed by atoms with Gasteiger partial charge in [-0.1, -0.05) is 11.6 Å². The first-order chi connectivity index (χ1) is 9.65. The molecule has 0 aliphatic heterocycles. The van der Waals surface area contributed by atoms with Gasteiger partial charge in [0.15, 0.2) is 10.8 Å². The number of hydrogen-bond donors (Lipinski definition) is 1. The van der Waals surface area contributed by atoms with Crippen LogP contribution in [0.1, 0.15) is 17.1 Å². The van der Waals surface area contributed by atoms with E-state index in [9.17, 15) is 0 Å². The van der Waals surface area contributed by atoms with Gasteiger partial charge in [0, 0.05) is 17.1 Å². The third-order valence-corrected chi connectivity index (χ3v) is 3.90. The fourth-order valence-electron chi connectivity index (χ4n) is 1.83. The molecule has 0 unspecified atom stereocenters. The fraction of sp³-hybridized carbons (Fsp3) is 0.167. The average Bonchev–Trinajstić information content (AvgIpc) is 2.91. The number of thiazole rings is 1. The largest absolute Gasteiger partial charge is 0.286 e. The number of nitrogens with zero attached hydrogens (tertiary/aromatic N) is 5. The lowest BCUT2D eigenvalue weighted by Gasteiger charge is -1.99. The van der Waals surface area contributed by atoms with Crippen molar-refractivity contribution in [2.45, 2.75) is 13.8 Å². The highest BCUT2D eigenvalue weighted by atomic mass is 35.5. The molecule has 3 rings (SSSR count). The zero-order chi connectivity index (χ0) is 14.1. The van der Waals surface area contributed by atoms with Crippen LogP contribution in [-0.4, -0.2) is 25.6 Å². The monoisotopic (exact) mass is 306 g/mol. The molecule has 0 spiro atoms. The molecule has 3 heterocycles. The second-order valence-electron chi connectivity index (χ2n) is 4.17. The Hall–Kier alpha value is -1.99. The highest BCUT2D eigenvalue weighted by molar-refractivity contribution is 7.15. The number of anilines is 1. The summed E-state index contributed by atoms with van der Waals surface area (Å²) in [6.45, 7) is 4.00. The predicted molar refractivity (Wildman–Crippen MR) is 80.8 cm³/mol. The Morgan fingerprint density at radius 2 is 2.25 bits per heavy atom. The second-order valence-corrected chi connectivity index (χ2v) is 5.40. The summed E-state index contributed by atoms with van der Waals surface area (Å²) in [6.07, 6.45) is 3.11. The summed E-state index contributed by atoms with van der Waals surface area (Å²) in [4.78, 5) is 13.3. The molecule has 0 bridgehead atoms. The number of fused-ring (bicyclic) bond motifs is 1. The topological polar surface area (TPSA) is 67.5 Å². The van der Waals surface area contributed by atoms with Crippen LogP contribution < -0.4 is 5.43 Å². The van der Waals surface area contributed by atoms with E-state index in [1.54, 1.807) is 23.6 Å². The van der Waals surface area contributed by atoms with Crippen LogP contribution in [0.5, 0.6) is 0 Å². The lowest BCUT2D eigenvalue weighted by Crippen LogP contribution is -1.98. The van der Waals surface area contributed by atoms with Crippen LogP contribution in [0.25, 0.3) is 4.96 Å². The van der Waals surface area contributed by atoms with Crippen molar-refractivity contribution in [2.24, 2.45) is 5.10 Å². The molecule has 102 valence electrons. The van der Waals surface area contributed by atoms with Crippen molar-refractivity contribution in [3.05, 3.63) is 40.0 Å². The van der Waals surface area contributed by atoms with E-state index in [2.05, 4.69) is 35.3 Å². The molecule has 6 nitrogen and oxygen atoms in total. The Labute approximate surface area is 124 Å². The third kappa shape index (κ3) is 2.37.